The molecule has 0 saturated heterocycles. The molecule has 0 radical (unpaired) electrons. The van der Waals surface area contributed by atoms with E-state index in [0.29, 0.717) is 11.6 Å². The van der Waals surface area contributed by atoms with E-state index in [1.165, 1.54) is 23.2 Å². The summed E-state index contributed by atoms with van der Waals surface area (Å²) in [6.45, 7) is 4.02. The molecule has 0 spiro atoms. The van der Waals surface area contributed by atoms with Crippen molar-refractivity contribution in [3.05, 3.63) is 57.9 Å². The molecule has 5 nitrogen and oxygen atoms in total. The van der Waals surface area contributed by atoms with Crippen LogP contribution >= 0.6 is 11.3 Å². The maximum atomic E-state index is 11.8. The zero-order valence-electron chi connectivity index (χ0n) is 12.9. The Labute approximate surface area is 138 Å². The molecule has 2 heterocycles. The topological polar surface area (TPSA) is 65.2 Å². The van der Waals surface area contributed by atoms with Gasteiger partial charge >= 0.3 is 5.97 Å². The van der Waals surface area contributed by atoms with Gasteiger partial charge in [0.25, 0.3) is 0 Å². The number of carbonyl (C=O) groups is 1. The molecule has 0 amide bonds. The fourth-order valence-electron chi connectivity index (χ4n) is 2.04. The third-order valence-corrected chi connectivity index (χ3v) is 4.05. The van der Waals surface area contributed by atoms with Gasteiger partial charge in [0.1, 0.15) is 18.6 Å². The Bertz CT molecular complexity index is 805. The van der Waals surface area contributed by atoms with E-state index in [2.05, 4.69) is 9.97 Å². The van der Waals surface area contributed by atoms with Crippen molar-refractivity contribution in [1.29, 1.82) is 0 Å². The van der Waals surface area contributed by atoms with Crippen molar-refractivity contribution in [3.63, 3.8) is 0 Å². The lowest BCUT2D eigenvalue weighted by atomic mass is 10.1. The molecule has 0 unspecified atom stereocenters. The van der Waals surface area contributed by atoms with Gasteiger partial charge in [-0.2, -0.15) is 0 Å². The van der Waals surface area contributed by atoms with Gasteiger partial charge < -0.3 is 9.15 Å². The van der Waals surface area contributed by atoms with Crippen LogP contribution in [0.2, 0.25) is 0 Å². The Morgan fingerprint density at radius 1 is 1.17 bits per heavy atom. The van der Waals surface area contributed by atoms with E-state index in [1.807, 2.05) is 43.5 Å². The maximum absolute atomic E-state index is 11.8. The fourth-order valence-corrected chi connectivity index (χ4v) is 2.66. The van der Waals surface area contributed by atoms with E-state index in [9.17, 15) is 4.79 Å². The molecule has 3 aromatic rings. The van der Waals surface area contributed by atoms with E-state index in [4.69, 9.17) is 9.15 Å². The van der Waals surface area contributed by atoms with Gasteiger partial charge in [-0.05, 0) is 26.0 Å². The lowest BCUT2D eigenvalue weighted by Crippen LogP contribution is -2.08. The molecule has 23 heavy (non-hydrogen) atoms. The van der Waals surface area contributed by atoms with Gasteiger partial charge in [0.05, 0.1) is 17.1 Å². The molecule has 0 aliphatic carbocycles. The highest BCUT2D eigenvalue weighted by Crippen LogP contribution is 2.19. The minimum Gasteiger partial charge on any atom is -0.459 e. The molecule has 0 fully saturated rings. The largest absolute Gasteiger partial charge is 0.459 e. The number of hydrogen-bond acceptors (Lipinski definition) is 6. The normalized spacial score (nSPS) is 10.7. The Kier molecular flexibility index (Phi) is 4.52. The van der Waals surface area contributed by atoms with E-state index in [0.717, 1.165) is 16.3 Å². The molecule has 0 saturated carbocycles. The first-order valence-electron chi connectivity index (χ1n) is 7.18. The van der Waals surface area contributed by atoms with E-state index < -0.39 is 0 Å². The Balaban J connectivity index is 1.56. The second kappa shape index (κ2) is 6.75. The average Bonchev–Trinajstić information content (AvgIpc) is 3.15. The molecule has 0 bridgehead atoms. The van der Waals surface area contributed by atoms with Gasteiger partial charge in [0.2, 0.25) is 5.89 Å². The number of carbonyl (C=O) groups excluding carboxylic acids is 1. The third-order valence-electron chi connectivity index (χ3n) is 3.22. The molecular formula is C17H16N2O3S. The first-order chi connectivity index (χ1) is 11.1. The van der Waals surface area contributed by atoms with Crippen LogP contribution in [-0.4, -0.2) is 15.9 Å². The quantitative estimate of drug-likeness (QED) is 0.668. The van der Waals surface area contributed by atoms with Gasteiger partial charge in [0.15, 0.2) is 0 Å². The summed E-state index contributed by atoms with van der Waals surface area (Å²) in [5.41, 5.74) is 3.39. The number of hydrogen-bond donors (Lipinski definition) is 0. The van der Waals surface area contributed by atoms with Crippen molar-refractivity contribution in [3.8, 4) is 11.5 Å². The average molecular weight is 328 g/mol. The monoisotopic (exact) mass is 328 g/mol. The van der Waals surface area contributed by atoms with Crippen LogP contribution in [0.25, 0.3) is 11.5 Å². The number of oxazole rings is 1. The van der Waals surface area contributed by atoms with Gasteiger partial charge in [-0.3, -0.25) is 4.79 Å². The number of aryl methyl sites for hydroxylation is 2. The fraction of sp³-hybridized carbons (Fsp3) is 0.235. The van der Waals surface area contributed by atoms with Crippen LogP contribution in [0.5, 0.6) is 0 Å². The Hall–Kier alpha value is -2.47. The lowest BCUT2D eigenvalue weighted by molar-refractivity contribution is -0.144. The number of rotatable bonds is 5. The Morgan fingerprint density at radius 2 is 1.96 bits per heavy atom. The van der Waals surface area contributed by atoms with Gasteiger partial charge in [-0.25, -0.2) is 9.97 Å². The first-order valence-corrected chi connectivity index (χ1v) is 8.06. The first kappa shape index (κ1) is 15.4. The minimum atomic E-state index is -0.324. The number of aromatic nitrogens is 2. The highest BCUT2D eigenvalue weighted by Gasteiger charge is 2.11. The van der Waals surface area contributed by atoms with Crippen molar-refractivity contribution >= 4 is 17.3 Å². The summed E-state index contributed by atoms with van der Waals surface area (Å²) >= 11 is 1.52. The van der Waals surface area contributed by atoms with Crippen LogP contribution in [-0.2, 0) is 22.6 Å². The summed E-state index contributed by atoms with van der Waals surface area (Å²) in [6.07, 6.45) is 1.68. The minimum absolute atomic E-state index is 0.0946. The molecule has 0 atom stereocenters. The molecular weight excluding hydrogens is 312 g/mol. The SMILES string of the molecule is Cc1ccc(-c2nc(COC(=O)Cc3csc(C)n3)co2)cc1. The summed E-state index contributed by atoms with van der Waals surface area (Å²) in [5.74, 6) is 0.196. The van der Waals surface area contributed by atoms with Crippen LogP contribution < -0.4 is 0 Å². The van der Waals surface area contributed by atoms with Gasteiger partial charge in [-0.1, -0.05) is 17.7 Å². The molecule has 2 aromatic heterocycles. The Morgan fingerprint density at radius 3 is 2.65 bits per heavy atom. The number of thiazole rings is 1. The molecule has 6 heteroatoms. The summed E-state index contributed by atoms with van der Waals surface area (Å²) in [5, 5.41) is 2.80. The molecule has 0 aliphatic rings. The summed E-state index contributed by atoms with van der Waals surface area (Å²) in [7, 11) is 0. The summed E-state index contributed by atoms with van der Waals surface area (Å²) in [4.78, 5) is 20.4. The molecule has 0 N–H and O–H groups in total. The van der Waals surface area contributed by atoms with Gasteiger partial charge in [0, 0.05) is 10.9 Å². The van der Waals surface area contributed by atoms with Crippen molar-refractivity contribution < 1.29 is 13.9 Å². The maximum Gasteiger partial charge on any atom is 0.312 e. The summed E-state index contributed by atoms with van der Waals surface area (Å²) < 4.78 is 10.6. The second-order valence-corrected chi connectivity index (χ2v) is 6.27. The van der Waals surface area contributed by atoms with Crippen LogP contribution in [0.15, 0.2) is 40.3 Å². The lowest BCUT2D eigenvalue weighted by Gasteiger charge is -2.00. The molecule has 3 rings (SSSR count). The zero-order valence-corrected chi connectivity index (χ0v) is 13.7. The highest BCUT2D eigenvalue weighted by atomic mass is 32.1. The van der Waals surface area contributed by atoms with E-state index in [-0.39, 0.29) is 19.0 Å². The van der Waals surface area contributed by atoms with Crippen LogP contribution in [0, 0.1) is 13.8 Å². The van der Waals surface area contributed by atoms with Crippen LogP contribution in [0.4, 0.5) is 0 Å². The van der Waals surface area contributed by atoms with Crippen molar-refractivity contribution in [2.75, 3.05) is 0 Å². The zero-order chi connectivity index (χ0) is 16.2. The van der Waals surface area contributed by atoms with Gasteiger partial charge in [-0.15, -0.1) is 11.3 Å². The number of esters is 1. The molecule has 118 valence electrons. The molecule has 0 aliphatic heterocycles. The van der Waals surface area contributed by atoms with Crippen LogP contribution in [0.3, 0.4) is 0 Å². The standard InChI is InChI=1S/C17H16N2O3S/c1-11-3-5-13(6-4-11)17-19-15(9-22-17)8-21-16(20)7-14-10-23-12(2)18-14/h3-6,9-10H,7-8H2,1-2H3. The smallest absolute Gasteiger partial charge is 0.312 e. The third kappa shape index (κ3) is 4.04. The number of benzene rings is 1. The van der Waals surface area contributed by atoms with Crippen LogP contribution in [0.1, 0.15) is 22.0 Å². The highest BCUT2D eigenvalue weighted by molar-refractivity contribution is 7.09. The second-order valence-electron chi connectivity index (χ2n) is 5.21. The number of ether oxygens (including phenoxy) is 1. The van der Waals surface area contributed by atoms with Crippen molar-refractivity contribution in [2.24, 2.45) is 0 Å². The predicted molar refractivity (Wildman–Crippen MR) is 87.0 cm³/mol. The number of nitrogens with zero attached hydrogens (tertiary/aromatic N) is 2. The van der Waals surface area contributed by atoms with Crippen molar-refractivity contribution in [1.82, 2.24) is 9.97 Å². The predicted octanol–water partition coefficient (Wildman–Crippen LogP) is 3.70. The van der Waals surface area contributed by atoms with Crippen molar-refractivity contribution in [2.45, 2.75) is 26.9 Å². The van der Waals surface area contributed by atoms with E-state index in [1.54, 1.807) is 0 Å². The summed E-state index contributed by atoms with van der Waals surface area (Å²) in [6, 6.07) is 7.88. The van der Waals surface area contributed by atoms with E-state index >= 15 is 0 Å². The molecule has 1 aromatic carbocycles.